The van der Waals surface area contributed by atoms with Crippen LogP contribution in [0, 0.1) is 0 Å². The van der Waals surface area contributed by atoms with Gasteiger partial charge in [0, 0.05) is 13.0 Å². The number of aryl methyl sites for hydroxylation is 1. The second-order valence-electron chi connectivity index (χ2n) is 3.16. The Morgan fingerprint density at radius 1 is 1.50 bits per heavy atom. The van der Waals surface area contributed by atoms with E-state index in [1.165, 1.54) is 0 Å². The number of aliphatic carboxylic acids is 1. The SMILES string of the molecule is CCc1nnsc1C(=O)NCCCC(=O)O. The molecule has 0 radical (unpaired) electrons. The molecule has 0 spiro atoms. The Morgan fingerprint density at radius 3 is 2.88 bits per heavy atom. The van der Waals surface area contributed by atoms with Crippen molar-refractivity contribution in [2.75, 3.05) is 6.54 Å². The number of nitrogens with one attached hydrogen (secondary N) is 1. The number of carbonyl (C=O) groups is 2. The molecule has 0 aromatic carbocycles. The molecule has 0 aliphatic rings. The smallest absolute Gasteiger partial charge is 0.303 e. The lowest BCUT2D eigenvalue weighted by molar-refractivity contribution is -0.137. The van der Waals surface area contributed by atoms with Crippen LogP contribution in [0.5, 0.6) is 0 Å². The van der Waals surface area contributed by atoms with E-state index in [0.717, 1.165) is 11.5 Å². The summed E-state index contributed by atoms with van der Waals surface area (Å²) in [6, 6.07) is 0. The molecule has 88 valence electrons. The third-order valence-electron chi connectivity index (χ3n) is 1.95. The highest BCUT2D eigenvalue weighted by molar-refractivity contribution is 7.08. The molecule has 1 heterocycles. The number of carbonyl (C=O) groups excluding carboxylic acids is 1. The Morgan fingerprint density at radius 2 is 2.25 bits per heavy atom. The van der Waals surface area contributed by atoms with Crippen molar-refractivity contribution in [3.8, 4) is 0 Å². The highest BCUT2D eigenvalue weighted by atomic mass is 32.1. The van der Waals surface area contributed by atoms with Crippen molar-refractivity contribution >= 4 is 23.4 Å². The van der Waals surface area contributed by atoms with Gasteiger partial charge in [-0.15, -0.1) is 5.10 Å². The Labute approximate surface area is 96.8 Å². The maximum absolute atomic E-state index is 11.6. The van der Waals surface area contributed by atoms with Gasteiger partial charge >= 0.3 is 5.97 Å². The van der Waals surface area contributed by atoms with Gasteiger partial charge in [0.1, 0.15) is 4.88 Å². The predicted molar refractivity (Wildman–Crippen MR) is 58.5 cm³/mol. The van der Waals surface area contributed by atoms with Crippen LogP contribution in [0.3, 0.4) is 0 Å². The Hall–Kier alpha value is -1.50. The van der Waals surface area contributed by atoms with Crippen LogP contribution in [-0.4, -0.2) is 33.1 Å². The number of aromatic nitrogens is 2. The van der Waals surface area contributed by atoms with Crippen molar-refractivity contribution < 1.29 is 14.7 Å². The summed E-state index contributed by atoms with van der Waals surface area (Å²) in [7, 11) is 0. The fourth-order valence-corrected chi connectivity index (χ4v) is 1.80. The summed E-state index contributed by atoms with van der Waals surface area (Å²) in [6.07, 6.45) is 1.14. The minimum absolute atomic E-state index is 0.0574. The number of carboxylic acid groups (broad SMARTS) is 1. The average Bonchev–Trinajstić information content (AvgIpc) is 2.71. The largest absolute Gasteiger partial charge is 0.481 e. The molecule has 6 nitrogen and oxygen atoms in total. The quantitative estimate of drug-likeness (QED) is 0.717. The predicted octanol–water partition coefficient (Wildman–Crippen LogP) is 0.695. The highest BCUT2D eigenvalue weighted by Crippen LogP contribution is 2.10. The van der Waals surface area contributed by atoms with Gasteiger partial charge in [0.15, 0.2) is 0 Å². The highest BCUT2D eigenvalue weighted by Gasteiger charge is 2.14. The zero-order valence-electron chi connectivity index (χ0n) is 8.89. The standard InChI is InChI=1S/C9H13N3O3S/c1-2-6-8(16-12-11-6)9(15)10-5-3-4-7(13)14/h2-5H2,1H3,(H,10,15)(H,13,14). The first kappa shape index (κ1) is 12.6. The van der Waals surface area contributed by atoms with Gasteiger partial charge in [-0.25, -0.2) is 0 Å². The number of hydrogen-bond acceptors (Lipinski definition) is 5. The molecule has 1 aromatic heterocycles. The Kier molecular flexibility index (Phi) is 4.84. The van der Waals surface area contributed by atoms with Crippen molar-refractivity contribution in [3.05, 3.63) is 10.6 Å². The Balaban J connectivity index is 2.38. The molecule has 16 heavy (non-hydrogen) atoms. The molecule has 0 atom stereocenters. The zero-order chi connectivity index (χ0) is 12.0. The molecule has 0 saturated carbocycles. The van der Waals surface area contributed by atoms with Gasteiger partial charge in [-0.2, -0.15) is 0 Å². The van der Waals surface area contributed by atoms with Gasteiger partial charge in [0.05, 0.1) is 5.69 Å². The lowest BCUT2D eigenvalue weighted by Crippen LogP contribution is -2.25. The first-order chi connectivity index (χ1) is 7.65. The van der Waals surface area contributed by atoms with E-state index in [-0.39, 0.29) is 12.3 Å². The lowest BCUT2D eigenvalue weighted by atomic mass is 10.2. The molecule has 0 aliphatic carbocycles. The van der Waals surface area contributed by atoms with E-state index < -0.39 is 5.97 Å². The van der Waals surface area contributed by atoms with Crippen LogP contribution in [0.4, 0.5) is 0 Å². The second kappa shape index (κ2) is 6.16. The van der Waals surface area contributed by atoms with Crippen molar-refractivity contribution in [2.45, 2.75) is 26.2 Å². The van der Waals surface area contributed by atoms with E-state index in [4.69, 9.17) is 5.11 Å². The van der Waals surface area contributed by atoms with Gasteiger partial charge in [0.2, 0.25) is 0 Å². The van der Waals surface area contributed by atoms with Crippen LogP contribution >= 0.6 is 11.5 Å². The second-order valence-corrected chi connectivity index (χ2v) is 3.91. The van der Waals surface area contributed by atoms with Gasteiger partial charge in [0.25, 0.3) is 5.91 Å². The normalized spacial score (nSPS) is 10.1. The Bertz CT molecular complexity index is 378. The number of hydrogen-bond donors (Lipinski definition) is 2. The first-order valence-corrected chi connectivity index (χ1v) is 5.73. The molecule has 0 unspecified atom stereocenters. The van der Waals surface area contributed by atoms with E-state index >= 15 is 0 Å². The molecule has 1 amide bonds. The van der Waals surface area contributed by atoms with Gasteiger partial charge in [-0.05, 0) is 24.4 Å². The summed E-state index contributed by atoms with van der Waals surface area (Å²) >= 11 is 1.06. The average molecular weight is 243 g/mol. The van der Waals surface area contributed by atoms with Crippen LogP contribution in [0.25, 0.3) is 0 Å². The number of amides is 1. The zero-order valence-corrected chi connectivity index (χ0v) is 9.71. The number of rotatable bonds is 6. The van der Waals surface area contributed by atoms with E-state index in [1.807, 2.05) is 6.92 Å². The molecule has 0 fully saturated rings. The van der Waals surface area contributed by atoms with Gasteiger partial charge in [-0.3, -0.25) is 9.59 Å². The lowest BCUT2D eigenvalue weighted by Gasteiger charge is -2.02. The van der Waals surface area contributed by atoms with Crippen LogP contribution in [0.15, 0.2) is 0 Å². The summed E-state index contributed by atoms with van der Waals surface area (Å²) in [6.45, 7) is 2.25. The van der Waals surface area contributed by atoms with Crippen molar-refractivity contribution in [2.24, 2.45) is 0 Å². The minimum Gasteiger partial charge on any atom is -0.481 e. The summed E-state index contributed by atoms with van der Waals surface area (Å²) in [5.41, 5.74) is 0.681. The van der Waals surface area contributed by atoms with E-state index in [9.17, 15) is 9.59 Å². The van der Waals surface area contributed by atoms with Crippen molar-refractivity contribution in [1.29, 1.82) is 0 Å². The van der Waals surface area contributed by atoms with Crippen molar-refractivity contribution in [3.63, 3.8) is 0 Å². The fourth-order valence-electron chi connectivity index (χ4n) is 1.13. The van der Waals surface area contributed by atoms with Gasteiger partial charge in [-0.1, -0.05) is 11.4 Å². The summed E-state index contributed by atoms with van der Waals surface area (Å²) in [5.74, 6) is -1.08. The topological polar surface area (TPSA) is 92.2 Å². The summed E-state index contributed by atoms with van der Waals surface area (Å²) < 4.78 is 3.71. The molecule has 0 saturated heterocycles. The van der Waals surface area contributed by atoms with Crippen LogP contribution < -0.4 is 5.32 Å². The van der Waals surface area contributed by atoms with E-state index in [2.05, 4.69) is 14.9 Å². The summed E-state index contributed by atoms with van der Waals surface area (Å²) in [4.78, 5) is 22.4. The molecule has 0 aliphatic heterocycles. The molecule has 1 aromatic rings. The maximum Gasteiger partial charge on any atom is 0.303 e. The molecular formula is C9H13N3O3S. The van der Waals surface area contributed by atoms with Crippen molar-refractivity contribution in [1.82, 2.24) is 14.9 Å². The fraction of sp³-hybridized carbons (Fsp3) is 0.556. The molecule has 7 heteroatoms. The molecule has 1 rings (SSSR count). The third kappa shape index (κ3) is 3.58. The van der Waals surface area contributed by atoms with Crippen LogP contribution in [0.2, 0.25) is 0 Å². The molecule has 2 N–H and O–H groups in total. The minimum atomic E-state index is -0.858. The maximum atomic E-state index is 11.6. The van der Waals surface area contributed by atoms with Crippen LogP contribution in [0.1, 0.15) is 35.1 Å². The monoisotopic (exact) mass is 243 g/mol. The molecule has 0 bridgehead atoms. The molecular weight excluding hydrogens is 230 g/mol. The number of nitrogens with zero attached hydrogens (tertiary/aromatic N) is 2. The number of carboxylic acids is 1. The summed E-state index contributed by atoms with van der Waals surface area (Å²) in [5, 5.41) is 14.9. The van der Waals surface area contributed by atoms with Gasteiger partial charge < -0.3 is 10.4 Å². The first-order valence-electron chi connectivity index (χ1n) is 4.96. The van der Waals surface area contributed by atoms with Crippen LogP contribution in [-0.2, 0) is 11.2 Å². The van der Waals surface area contributed by atoms with E-state index in [0.29, 0.717) is 30.0 Å². The van der Waals surface area contributed by atoms with E-state index in [1.54, 1.807) is 0 Å². The third-order valence-corrected chi connectivity index (χ3v) is 2.72.